The Balaban J connectivity index is 2.30. The van der Waals surface area contributed by atoms with Gasteiger partial charge in [0.2, 0.25) is 11.0 Å². The predicted octanol–water partition coefficient (Wildman–Crippen LogP) is 0.716. The lowest BCUT2D eigenvalue weighted by molar-refractivity contribution is -0.138. The van der Waals surface area contributed by atoms with Crippen molar-refractivity contribution < 1.29 is 9.59 Å². The van der Waals surface area contributed by atoms with Crippen LogP contribution in [0, 0.1) is 0 Å². The molecule has 5 heteroatoms. The van der Waals surface area contributed by atoms with Crippen molar-refractivity contribution in [1.29, 1.82) is 0 Å². The summed E-state index contributed by atoms with van der Waals surface area (Å²) in [6.45, 7) is 3.33. The SMILES string of the molecule is CCN1CC(SC(=O)CCl)C1=O. The summed E-state index contributed by atoms with van der Waals surface area (Å²) >= 11 is 6.35. The molecule has 12 heavy (non-hydrogen) atoms. The van der Waals surface area contributed by atoms with Crippen molar-refractivity contribution >= 4 is 34.4 Å². The van der Waals surface area contributed by atoms with E-state index < -0.39 is 0 Å². The smallest absolute Gasteiger partial charge is 0.238 e. The van der Waals surface area contributed by atoms with Crippen LogP contribution in [0.3, 0.4) is 0 Å². The summed E-state index contributed by atoms with van der Waals surface area (Å²) < 4.78 is 0. The molecule has 1 atom stereocenters. The van der Waals surface area contributed by atoms with E-state index in [2.05, 4.69) is 0 Å². The average Bonchev–Trinajstić information content (AvgIpc) is 2.10. The molecule has 0 bridgehead atoms. The van der Waals surface area contributed by atoms with Gasteiger partial charge in [-0.15, -0.1) is 11.6 Å². The normalized spacial score (nSPS) is 22.3. The Morgan fingerprint density at radius 1 is 1.83 bits per heavy atom. The molecule has 0 spiro atoms. The number of carbonyl (C=O) groups is 2. The lowest BCUT2D eigenvalue weighted by atomic mass is 10.2. The second kappa shape index (κ2) is 4.14. The number of hydrogen-bond donors (Lipinski definition) is 0. The molecule has 1 rings (SSSR count). The van der Waals surface area contributed by atoms with Crippen LogP contribution in [-0.2, 0) is 9.59 Å². The number of thioether (sulfide) groups is 1. The fraction of sp³-hybridized carbons (Fsp3) is 0.714. The second-order valence-corrected chi connectivity index (χ2v) is 4.02. The molecule has 0 aromatic carbocycles. The molecule has 1 saturated heterocycles. The van der Waals surface area contributed by atoms with E-state index in [0.29, 0.717) is 6.54 Å². The van der Waals surface area contributed by atoms with Gasteiger partial charge in [0.05, 0.1) is 5.88 Å². The predicted molar refractivity (Wildman–Crippen MR) is 49.4 cm³/mol. The molecule has 1 amide bonds. The molecule has 0 N–H and O–H groups in total. The summed E-state index contributed by atoms with van der Waals surface area (Å²) in [5.74, 6) is 0.0431. The van der Waals surface area contributed by atoms with Crippen molar-refractivity contribution in [1.82, 2.24) is 4.90 Å². The third kappa shape index (κ3) is 1.93. The minimum atomic E-state index is -0.170. The zero-order chi connectivity index (χ0) is 9.14. The number of carbonyl (C=O) groups excluding carboxylic acids is 2. The summed E-state index contributed by atoms with van der Waals surface area (Å²) in [4.78, 5) is 23.7. The van der Waals surface area contributed by atoms with E-state index in [1.54, 1.807) is 4.90 Å². The first-order chi connectivity index (χ1) is 5.69. The fourth-order valence-electron chi connectivity index (χ4n) is 1.02. The Labute approximate surface area is 80.4 Å². The van der Waals surface area contributed by atoms with E-state index >= 15 is 0 Å². The monoisotopic (exact) mass is 207 g/mol. The molecule has 1 unspecified atom stereocenters. The van der Waals surface area contributed by atoms with E-state index in [1.807, 2.05) is 6.92 Å². The molecule has 1 aliphatic rings. The van der Waals surface area contributed by atoms with Gasteiger partial charge in [0.15, 0.2) is 0 Å². The molecule has 0 aliphatic carbocycles. The Hall–Kier alpha value is -0.220. The zero-order valence-corrected chi connectivity index (χ0v) is 8.32. The van der Waals surface area contributed by atoms with Gasteiger partial charge >= 0.3 is 0 Å². The van der Waals surface area contributed by atoms with Crippen LogP contribution in [0.15, 0.2) is 0 Å². The van der Waals surface area contributed by atoms with Crippen molar-refractivity contribution in [3.63, 3.8) is 0 Å². The molecule has 0 radical (unpaired) electrons. The van der Waals surface area contributed by atoms with Crippen LogP contribution in [0.4, 0.5) is 0 Å². The highest BCUT2D eigenvalue weighted by atomic mass is 35.5. The molecule has 1 heterocycles. The second-order valence-electron chi connectivity index (χ2n) is 2.49. The van der Waals surface area contributed by atoms with Crippen LogP contribution in [0.5, 0.6) is 0 Å². The first kappa shape index (κ1) is 9.86. The van der Waals surface area contributed by atoms with E-state index in [-0.39, 0.29) is 22.2 Å². The molecular formula is C7H10ClNO2S. The minimum absolute atomic E-state index is 0.0133. The number of rotatable bonds is 3. The lowest BCUT2D eigenvalue weighted by Crippen LogP contribution is -2.54. The molecule has 0 aromatic rings. The largest absolute Gasteiger partial charge is 0.340 e. The zero-order valence-electron chi connectivity index (χ0n) is 6.75. The maximum Gasteiger partial charge on any atom is 0.238 e. The molecule has 1 aliphatic heterocycles. The van der Waals surface area contributed by atoms with Crippen LogP contribution in [-0.4, -0.2) is 40.1 Å². The van der Waals surface area contributed by atoms with Crippen molar-refractivity contribution in [2.75, 3.05) is 19.0 Å². The minimum Gasteiger partial charge on any atom is -0.340 e. The number of hydrogen-bond acceptors (Lipinski definition) is 3. The highest BCUT2D eigenvalue weighted by molar-refractivity contribution is 8.15. The molecule has 3 nitrogen and oxygen atoms in total. The average molecular weight is 208 g/mol. The fourth-order valence-corrected chi connectivity index (χ4v) is 2.10. The first-order valence-electron chi connectivity index (χ1n) is 3.73. The molecule has 0 saturated carbocycles. The standard InChI is InChI=1S/C7H10ClNO2S/c1-2-9-4-5(7(9)11)12-6(10)3-8/h5H,2-4H2,1H3. The summed E-state index contributed by atoms with van der Waals surface area (Å²) in [5.41, 5.74) is 0. The third-order valence-electron chi connectivity index (χ3n) is 1.74. The van der Waals surface area contributed by atoms with Gasteiger partial charge in [-0.05, 0) is 6.92 Å². The van der Waals surface area contributed by atoms with Crippen molar-refractivity contribution in [3.8, 4) is 0 Å². The number of nitrogens with zero attached hydrogens (tertiary/aromatic N) is 1. The van der Waals surface area contributed by atoms with Crippen molar-refractivity contribution in [2.45, 2.75) is 12.2 Å². The van der Waals surface area contributed by atoms with E-state index in [0.717, 1.165) is 18.3 Å². The molecule has 0 aromatic heterocycles. The van der Waals surface area contributed by atoms with Crippen LogP contribution in [0.1, 0.15) is 6.92 Å². The van der Waals surface area contributed by atoms with Crippen molar-refractivity contribution in [3.05, 3.63) is 0 Å². The van der Waals surface area contributed by atoms with Gasteiger partial charge in [0.1, 0.15) is 5.25 Å². The third-order valence-corrected chi connectivity index (χ3v) is 3.18. The van der Waals surface area contributed by atoms with Gasteiger partial charge in [0.25, 0.3) is 0 Å². The van der Waals surface area contributed by atoms with Gasteiger partial charge in [-0.2, -0.15) is 0 Å². The number of amides is 1. The highest BCUT2D eigenvalue weighted by Crippen LogP contribution is 2.24. The van der Waals surface area contributed by atoms with Gasteiger partial charge in [-0.3, -0.25) is 9.59 Å². The first-order valence-corrected chi connectivity index (χ1v) is 5.14. The Bertz CT molecular complexity index is 210. The van der Waals surface area contributed by atoms with E-state index in [4.69, 9.17) is 11.6 Å². The van der Waals surface area contributed by atoms with Gasteiger partial charge in [0, 0.05) is 13.1 Å². The van der Waals surface area contributed by atoms with Crippen LogP contribution < -0.4 is 0 Å². The molecule has 1 fully saturated rings. The van der Waals surface area contributed by atoms with E-state index in [1.165, 1.54) is 0 Å². The van der Waals surface area contributed by atoms with E-state index in [9.17, 15) is 9.59 Å². The van der Waals surface area contributed by atoms with Gasteiger partial charge < -0.3 is 4.90 Å². The van der Waals surface area contributed by atoms with Crippen LogP contribution >= 0.6 is 23.4 Å². The quantitative estimate of drug-likeness (QED) is 0.506. The molecular weight excluding hydrogens is 198 g/mol. The number of likely N-dealkylation sites (tertiary alicyclic amines) is 1. The maximum atomic E-state index is 11.2. The van der Waals surface area contributed by atoms with Gasteiger partial charge in [-0.25, -0.2) is 0 Å². The Morgan fingerprint density at radius 2 is 2.50 bits per heavy atom. The van der Waals surface area contributed by atoms with Gasteiger partial charge in [-0.1, -0.05) is 11.8 Å². The summed E-state index contributed by atoms with van der Waals surface area (Å²) in [6, 6.07) is 0. The summed E-state index contributed by atoms with van der Waals surface area (Å²) in [5, 5.41) is -0.290. The van der Waals surface area contributed by atoms with Crippen LogP contribution in [0.25, 0.3) is 0 Å². The summed E-state index contributed by atoms with van der Waals surface area (Å²) in [7, 11) is 0. The number of β-lactam (4-membered cyclic amide) rings is 1. The lowest BCUT2D eigenvalue weighted by Gasteiger charge is -2.36. The summed E-state index contributed by atoms with van der Waals surface area (Å²) in [6.07, 6.45) is 0. The Kier molecular flexibility index (Phi) is 3.40. The molecule has 68 valence electrons. The Morgan fingerprint density at radius 3 is 2.92 bits per heavy atom. The topological polar surface area (TPSA) is 37.4 Å². The van der Waals surface area contributed by atoms with Crippen LogP contribution in [0.2, 0.25) is 0 Å². The number of halogens is 1. The maximum absolute atomic E-state index is 11.2. The number of alkyl halides is 1. The highest BCUT2D eigenvalue weighted by Gasteiger charge is 2.37. The van der Waals surface area contributed by atoms with Crippen molar-refractivity contribution in [2.24, 2.45) is 0 Å².